The highest BCUT2D eigenvalue weighted by molar-refractivity contribution is 6.22. The van der Waals surface area contributed by atoms with E-state index in [9.17, 15) is 14.4 Å². The number of anilines is 1. The number of benzene rings is 2. The van der Waals surface area contributed by atoms with Gasteiger partial charge in [0, 0.05) is 5.56 Å². The first kappa shape index (κ1) is 19.1. The molecule has 0 spiro atoms. The lowest BCUT2D eigenvalue weighted by Gasteiger charge is -2.11. The smallest absolute Gasteiger partial charge is 0.425 e. The SMILES string of the molecule is COC(=O)NNC(=O)Nc1cccc2c1C(=O)C1=C(c3ccc(OC)cc3)N=NC12. The van der Waals surface area contributed by atoms with E-state index in [1.54, 1.807) is 37.4 Å². The van der Waals surface area contributed by atoms with Crippen molar-refractivity contribution in [1.29, 1.82) is 0 Å². The van der Waals surface area contributed by atoms with Gasteiger partial charge < -0.3 is 14.8 Å². The first-order valence-corrected chi connectivity index (χ1v) is 8.91. The number of rotatable bonds is 3. The molecule has 0 bridgehead atoms. The maximum Gasteiger partial charge on any atom is 0.425 e. The monoisotopic (exact) mass is 407 g/mol. The number of hydrazine groups is 1. The van der Waals surface area contributed by atoms with E-state index >= 15 is 0 Å². The van der Waals surface area contributed by atoms with Gasteiger partial charge in [0.25, 0.3) is 0 Å². The van der Waals surface area contributed by atoms with Crippen LogP contribution in [0.25, 0.3) is 5.70 Å². The molecule has 10 heteroatoms. The zero-order valence-electron chi connectivity index (χ0n) is 16.1. The third kappa shape index (κ3) is 3.24. The van der Waals surface area contributed by atoms with Gasteiger partial charge in [0.15, 0.2) is 5.78 Å². The molecule has 2 aromatic carbocycles. The molecule has 10 nitrogen and oxygen atoms in total. The molecule has 0 aromatic heterocycles. The number of hydrogen-bond donors (Lipinski definition) is 3. The van der Waals surface area contributed by atoms with Gasteiger partial charge in [-0.1, -0.05) is 12.1 Å². The highest BCUT2D eigenvalue weighted by atomic mass is 16.5. The van der Waals surface area contributed by atoms with E-state index in [0.717, 1.165) is 5.56 Å². The Kier molecular flexibility index (Phi) is 4.88. The second-order valence-electron chi connectivity index (χ2n) is 6.40. The van der Waals surface area contributed by atoms with Crippen molar-refractivity contribution < 1.29 is 23.9 Å². The third-order valence-corrected chi connectivity index (χ3v) is 4.74. The van der Waals surface area contributed by atoms with Gasteiger partial charge in [-0.3, -0.25) is 4.79 Å². The Bertz CT molecular complexity index is 1110. The van der Waals surface area contributed by atoms with Crippen LogP contribution in [0.4, 0.5) is 15.3 Å². The number of fused-ring (bicyclic) bond motifs is 3. The number of ketones is 1. The number of hydrogen-bond acceptors (Lipinski definition) is 7. The average molecular weight is 407 g/mol. The van der Waals surface area contributed by atoms with Crippen LogP contribution < -0.4 is 20.9 Å². The fourth-order valence-electron chi connectivity index (χ4n) is 3.37. The molecule has 1 aliphatic carbocycles. The summed E-state index contributed by atoms with van der Waals surface area (Å²) in [6.07, 6.45) is -0.830. The van der Waals surface area contributed by atoms with E-state index in [-0.39, 0.29) is 5.78 Å². The molecule has 1 atom stereocenters. The maximum absolute atomic E-state index is 13.2. The van der Waals surface area contributed by atoms with Crippen molar-refractivity contribution in [3.63, 3.8) is 0 Å². The van der Waals surface area contributed by atoms with Crippen LogP contribution in [-0.4, -0.2) is 32.1 Å². The summed E-state index contributed by atoms with van der Waals surface area (Å²) in [4.78, 5) is 36.4. The molecular formula is C20H17N5O5. The van der Waals surface area contributed by atoms with Crippen LogP contribution in [-0.2, 0) is 4.74 Å². The average Bonchev–Trinajstić information content (AvgIpc) is 3.32. The van der Waals surface area contributed by atoms with Gasteiger partial charge >= 0.3 is 12.1 Å². The number of methoxy groups -OCH3 is 2. The summed E-state index contributed by atoms with van der Waals surface area (Å²) in [5.74, 6) is 0.428. The molecule has 3 amide bonds. The van der Waals surface area contributed by atoms with Gasteiger partial charge in [-0.2, -0.15) is 10.2 Å². The molecular weight excluding hydrogens is 390 g/mol. The normalized spacial score (nSPS) is 16.1. The largest absolute Gasteiger partial charge is 0.497 e. The van der Waals surface area contributed by atoms with Crippen molar-refractivity contribution in [2.45, 2.75) is 6.04 Å². The predicted molar refractivity (Wildman–Crippen MR) is 106 cm³/mol. The fourth-order valence-corrected chi connectivity index (χ4v) is 3.37. The zero-order chi connectivity index (χ0) is 21.3. The molecule has 1 unspecified atom stereocenters. The van der Waals surface area contributed by atoms with Gasteiger partial charge in [-0.25, -0.2) is 20.4 Å². The van der Waals surface area contributed by atoms with E-state index in [0.29, 0.717) is 33.8 Å². The molecule has 0 radical (unpaired) electrons. The Morgan fingerprint density at radius 3 is 2.50 bits per heavy atom. The number of carbonyl (C=O) groups excluding carboxylic acids is 3. The Labute approximate surface area is 170 Å². The number of nitrogens with zero attached hydrogens (tertiary/aromatic N) is 2. The van der Waals surface area contributed by atoms with Gasteiger partial charge in [-0.15, -0.1) is 0 Å². The lowest BCUT2D eigenvalue weighted by Crippen LogP contribution is -2.43. The molecule has 3 N–H and O–H groups in total. The molecule has 0 saturated carbocycles. The van der Waals surface area contributed by atoms with Crippen molar-refractivity contribution >= 4 is 29.3 Å². The van der Waals surface area contributed by atoms with Gasteiger partial charge in [-0.05, 0) is 35.9 Å². The van der Waals surface area contributed by atoms with E-state index in [2.05, 4.69) is 25.7 Å². The highest BCUT2D eigenvalue weighted by Gasteiger charge is 2.42. The second-order valence-corrected chi connectivity index (χ2v) is 6.40. The molecule has 0 fully saturated rings. The lowest BCUT2D eigenvalue weighted by molar-refractivity contribution is 0.103. The van der Waals surface area contributed by atoms with E-state index < -0.39 is 18.2 Å². The molecule has 2 aliphatic rings. The van der Waals surface area contributed by atoms with Gasteiger partial charge in [0.2, 0.25) is 0 Å². The quantitative estimate of drug-likeness (QED) is 0.673. The maximum atomic E-state index is 13.2. The van der Waals surface area contributed by atoms with Crippen LogP contribution in [0.15, 0.2) is 58.3 Å². The number of Topliss-reactive ketones (excluding diaryl/α,β-unsaturated/α-hetero) is 1. The van der Waals surface area contributed by atoms with E-state index in [1.165, 1.54) is 7.11 Å². The lowest BCUT2D eigenvalue weighted by atomic mass is 10.0. The van der Waals surface area contributed by atoms with Crippen molar-refractivity contribution in [2.75, 3.05) is 19.5 Å². The fraction of sp³-hybridized carbons (Fsp3) is 0.150. The second kappa shape index (κ2) is 7.66. The Hall–Kier alpha value is -4.21. The van der Waals surface area contributed by atoms with Gasteiger partial charge in [0.05, 0.1) is 31.0 Å². The molecule has 4 rings (SSSR count). The number of urea groups is 1. The summed E-state index contributed by atoms with van der Waals surface area (Å²) < 4.78 is 9.54. The van der Waals surface area contributed by atoms with Crippen LogP contribution in [0.2, 0.25) is 0 Å². The Balaban J connectivity index is 1.64. The molecule has 1 heterocycles. The first-order valence-electron chi connectivity index (χ1n) is 8.91. The summed E-state index contributed by atoms with van der Waals surface area (Å²) >= 11 is 0. The van der Waals surface area contributed by atoms with Crippen molar-refractivity contribution in [1.82, 2.24) is 10.9 Å². The summed E-state index contributed by atoms with van der Waals surface area (Å²) in [6, 6.07) is 11.0. The molecule has 0 saturated heterocycles. The van der Waals surface area contributed by atoms with Crippen LogP contribution in [0.1, 0.15) is 27.5 Å². The van der Waals surface area contributed by atoms with Crippen molar-refractivity contribution in [2.24, 2.45) is 10.2 Å². The van der Waals surface area contributed by atoms with Crippen LogP contribution in [0, 0.1) is 0 Å². The number of amides is 3. The third-order valence-electron chi connectivity index (χ3n) is 4.74. The topological polar surface area (TPSA) is 130 Å². The minimum Gasteiger partial charge on any atom is -0.497 e. The Morgan fingerprint density at radius 2 is 1.80 bits per heavy atom. The summed E-state index contributed by atoms with van der Waals surface area (Å²) in [7, 11) is 2.74. The zero-order valence-corrected chi connectivity index (χ0v) is 16.1. The number of carbonyl (C=O) groups is 3. The summed E-state index contributed by atoms with van der Waals surface area (Å²) in [6.45, 7) is 0. The van der Waals surface area contributed by atoms with E-state index in [4.69, 9.17) is 4.74 Å². The van der Waals surface area contributed by atoms with Crippen molar-refractivity contribution in [3.8, 4) is 5.75 Å². The first-order chi connectivity index (χ1) is 14.5. The number of azo groups is 1. The molecule has 1 aliphatic heterocycles. The standard InChI is InChI=1S/C20H17N5O5/c1-29-11-8-6-10(7-9-11)16-15-17(23-22-16)12-4-3-5-13(14(12)18(15)26)21-19(27)24-25-20(28)30-2/h3-9,17H,1-2H3,(H,25,28)(H2,21,24,27). The minimum atomic E-state index is -0.830. The summed E-state index contributed by atoms with van der Waals surface area (Å²) in [5.41, 5.74) is 7.17. The van der Waals surface area contributed by atoms with Crippen LogP contribution in [0.5, 0.6) is 5.75 Å². The number of nitrogens with one attached hydrogen (secondary N) is 3. The van der Waals surface area contributed by atoms with Gasteiger partial charge in [0.1, 0.15) is 17.5 Å². The van der Waals surface area contributed by atoms with Crippen LogP contribution in [0.3, 0.4) is 0 Å². The molecule has 2 aromatic rings. The minimum absolute atomic E-state index is 0.261. The Morgan fingerprint density at radius 1 is 1.03 bits per heavy atom. The number of ether oxygens (including phenoxy) is 2. The molecule has 30 heavy (non-hydrogen) atoms. The van der Waals surface area contributed by atoms with E-state index in [1.807, 2.05) is 17.6 Å². The molecule has 152 valence electrons. The van der Waals surface area contributed by atoms with Crippen molar-refractivity contribution in [3.05, 3.63) is 64.7 Å². The predicted octanol–water partition coefficient (Wildman–Crippen LogP) is 3.20. The summed E-state index contributed by atoms with van der Waals surface area (Å²) in [5, 5.41) is 11.1. The highest BCUT2D eigenvalue weighted by Crippen LogP contribution is 2.48. The van der Waals surface area contributed by atoms with Crippen LogP contribution >= 0.6 is 0 Å².